The van der Waals surface area contributed by atoms with Crippen molar-refractivity contribution in [3.05, 3.63) is 0 Å². The van der Waals surface area contributed by atoms with Gasteiger partial charge >= 0.3 is 14.0 Å². The molecule has 5 nitrogen and oxygen atoms in total. The minimum Gasteiger partial charge on any atom is -0.596 e. The van der Waals surface area contributed by atoms with Gasteiger partial charge in [-0.1, -0.05) is 4.57 Å². The highest BCUT2D eigenvalue weighted by Crippen LogP contribution is 2.07. The summed E-state index contributed by atoms with van der Waals surface area (Å²) < 4.78 is 10.1. The summed E-state index contributed by atoms with van der Waals surface area (Å²) in [4.78, 5) is 20.1. The zero-order valence-electron chi connectivity index (χ0n) is 6.11. The lowest BCUT2D eigenvalue weighted by atomic mass is 10.4. The van der Waals surface area contributed by atoms with E-state index in [9.17, 15) is 14.3 Å². The number of carboxylic acids is 1. The predicted molar refractivity (Wildman–Crippen MR) is 37.6 cm³/mol. The largest absolute Gasteiger partial charge is 0.596 e. The van der Waals surface area contributed by atoms with Crippen molar-refractivity contribution >= 4 is 14.0 Å². The first-order valence-corrected chi connectivity index (χ1v) is 4.45. The minimum atomic E-state index is -2.43. The first kappa shape index (κ1) is 10.5. The number of aliphatic carboxylic acids is 1. The molecule has 0 amide bonds. The van der Waals surface area contributed by atoms with Gasteiger partial charge in [0.15, 0.2) is 6.16 Å². The van der Waals surface area contributed by atoms with Crippen LogP contribution in [0.1, 0.15) is 6.92 Å². The molecule has 0 heterocycles. The molecule has 0 rings (SSSR count). The van der Waals surface area contributed by atoms with Gasteiger partial charge in [-0.15, -0.1) is 0 Å². The van der Waals surface area contributed by atoms with Crippen LogP contribution < -0.4 is 10.2 Å². The molecule has 0 aliphatic rings. The topological polar surface area (TPSA) is 89.5 Å². The molecule has 6 heteroatoms. The van der Waals surface area contributed by atoms with Crippen molar-refractivity contribution in [3.63, 3.8) is 0 Å². The second kappa shape index (κ2) is 5.18. The van der Waals surface area contributed by atoms with Gasteiger partial charge < -0.3 is 15.3 Å². The SMILES string of the molecule is CC(C[P+](=O)[O-])NCC(=O)O. The Morgan fingerprint density at radius 3 is 2.73 bits per heavy atom. The molecule has 0 spiro atoms. The van der Waals surface area contributed by atoms with Crippen LogP contribution in [0.2, 0.25) is 0 Å². The van der Waals surface area contributed by atoms with Crippen LogP contribution in [0.4, 0.5) is 0 Å². The lowest BCUT2D eigenvalue weighted by Crippen LogP contribution is -2.33. The van der Waals surface area contributed by atoms with E-state index < -0.39 is 14.0 Å². The van der Waals surface area contributed by atoms with E-state index in [4.69, 9.17) is 5.11 Å². The molecular weight excluding hydrogens is 169 g/mol. The molecule has 0 aromatic rings. The third-order valence-corrected chi connectivity index (χ3v) is 1.87. The summed E-state index contributed by atoms with van der Waals surface area (Å²) >= 11 is 0. The molecule has 0 aromatic carbocycles. The van der Waals surface area contributed by atoms with Crippen LogP contribution in [0.25, 0.3) is 0 Å². The summed E-state index contributed by atoms with van der Waals surface area (Å²) in [5.74, 6) is -0.988. The highest BCUT2D eigenvalue weighted by atomic mass is 31.1. The van der Waals surface area contributed by atoms with Crippen LogP contribution in [0, 0.1) is 0 Å². The zero-order chi connectivity index (χ0) is 8.85. The van der Waals surface area contributed by atoms with Crippen molar-refractivity contribution in [1.29, 1.82) is 0 Å². The molecule has 2 unspecified atom stereocenters. The van der Waals surface area contributed by atoms with Gasteiger partial charge in [0.25, 0.3) is 0 Å². The van der Waals surface area contributed by atoms with Gasteiger partial charge in [-0.25, -0.2) is 0 Å². The average molecular weight is 179 g/mol. The first-order valence-electron chi connectivity index (χ1n) is 3.09. The van der Waals surface area contributed by atoms with E-state index >= 15 is 0 Å². The van der Waals surface area contributed by atoms with Crippen LogP contribution >= 0.6 is 8.03 Å². The second-order valence-corrected chi connectivity index (χ2v) is 3.22. The van der Waals surface area contributed by atoms with Gasteiger partial charge in [0, 0.05) is 6.04 Å². The van der Waals surface area contributed by atoms with Crippen LogP contribution in [-0.2, 0) is 9.36 Å². The number of hydrogen-bond acceptors (Lipinski definition) is 4. The van der Waals surface area contributed by atoms with E-state index in [0.29, 0.717) is 0 Å². The Balaban J connectivity index is 3.44. The molecule has 0 aliphatic carbocycles. The van der Waals surface area contributed by atoms with E-state index in [1.807, 2.05) is 0 Å². The smallest absolute Gasteiger partial charge is 0.317 e. The van der Waals surface area contributed by atoms with Gasteiger partial charge in [0.05, 0.1) is 6.54 Å². The maximum absolute atomic E-state index is 10.1. The highest BCUT2D eigenvalue weighted by Gasteiger charge is 2.10. The van der Waals surface area contributed by atoms with Gasteiger partial charge in [-0.2, -0.15) is 0 Å². The molecule has 64 valence electrons. The lowest BCUT2D eigenvalue weighted by Gasteiger charge is -2.05. The maximum Gasteiger partial charge on any atom is 0.317 e. The Labute approximate surface area is 65.3 Å². The molecule has 0 fully saturated rings. The Kier molecular flexibility index (Phi) is 4.94. The van der Waals surface area contributed by atoms with Gasteiger partial charge in [-0.05, 0) is 6.92 Å². The molecule has 2 atom stereocenters. The number of carbonyl (C=O) groups is 1. The van der Waals surface area contributed by atoms with E-state index in [0.717, 1.165) is 0 Å². The van der Waals surface area contributed by atoms with E-state index in [-0.39, 0.29) is 18.7 Å². The molecule has 0 aromatic heterocycles. The third-order valence-electron chi connectivity index (χ3n) is 1.02. The summed E-state index contributed by atoms with van der Waals surface area (Å²) in [6, 6.07) is -0.299. The van der Waals surface area contributed by atoms with Crippen molar-refractivity contribution in [2.24, 2.45) is 0 Å². The monoisotopic (exact) mass is 179 g/mol. The van der Waals surface area contributed by atoms with Gasteiger partial charge in [-0.3, -0.25) is 4.79 Å². The van der Waals surface area contributed by atoms with Crippen molar-refractivity contribution in [2.75, 3.05) is 12.7 Å². The number of carboxylic acid groups (broad SMARTS) is 1. The number of hydrogen-bond donors (Lipinski definition) is 2. The fourth-order valence-electron chi connectivity index (χ4n) is 0.550. The summed E-state index contributed by atoms with van der Waals surface area (Å²) in [6.45, 7) is 1.42. The molecule has 2 N–H and O–H groups in total. The zero-order valence-corrected chi connectivity index (χ0v) is 7.01. The Hall–Kier alpha value is -0.510. The summed E-state index contributed by atoms with van der Waals surface area (Å²) in [5, 5.41) is 10.7. The third kappa shape index (κ3) is 7.39. The van der Waals surface area contributed by atoms with Crippen LogP contribution in [-0.4, -0.2) is 29.8 Å². The number of rotatable bonds is 5. The first-order chi connectivity index (χ1) is 5.02. The van der Waals surface area contributed by atoms with Gasteiger partial charge in [0.1, 0.15) is 0 Å². The summed E-state index contributed by atoms with van der Waals surface area (Å²) in [6.07, 6.45) is -0.0252. The molecular formula is C5H10NO4P. The fourth-order valence-corrected chi connectivity index (χ4v) is 1.13. The van der Waals surface area contributed by atoms with E-state index in [1.165, 1.54) is 0 Å². The van der Waals surface area contributed by atoms with E-state index in [1.54, 1.807) is 6.92 Å². The molecule has 0 aliphatic heterocycles. The summed E-state index contributed by atoms with van der Waals surface area (Å²) in [7, 11) is -2.43. The Bertz CT molecular complexity index is 161. The Morgan fingerprint density at radius 2 is 2.36 bits per heavy atom. The standard InChI is InChI=1S/C5H10NO4P/c1-4(3-11(9)10)6-2-5(7)8/h4,6H,2-3H2,1H3,(H,7,8). The van der Waals surface area contributed by atoms with Gasteiger partial charge in [0.2, 0.25) is 0 Å². The van der Waals surface area contributed by atoms with E-state index in [2.05, 4.69) is 5.32 Å². The lowest BCUT2D eigenvalue weighted by molar-refractivity contribution is -0.164. The molecule has 0 saturated carbocycles. The van der Waals surface area contributed by atoms with Crippen LogP contribution in [0.5, 0.6) is 0 Å². The van der Waals surface area contributed by atoms with Crippen LogP contribution in [0.3, 0.4) is 0 Å². The van der Waals surface area contributed by atoms with Crippen molar-refractivity contribution in [3.8, 4) is 0 Å². The highest BCUT2D eigenvalue weighted by molar-refractivity contribution is 7.36. The molecule has 0 radical (unpaired) electrons. The van der Waals surface area contributed by atoms with Crippen molar-refractivity contribution < 1.29 is 19.4 Å². The predicted octanol–water partition coefficient (Wildman–Crippen LogP) is -0.848. The fraction of sp³-hybridized carbons (Fsp3) is 0.800. The quantitative estimate of drug-likeness (QED) is 0.536. The number of nitrogens with one attached hydrogen (secondary N) is 1. The molecule has 11 heavy (non-hydrogen) atoms. The Morgan fingerprint density at radius 1 is 1.82 bits per heavy atom. The van der Waals surface area contributed by atoms with Crippen molar-refractivity contribution in [2.45, 2.75) is 13.0 Å². The second-order valence-electron chi connectivity index (χ2n) is 2.19. The van der Waals surface area contributed by atoms with Crippen molar-refractivity contribution in [1.82, 2.24) is 5.32 Å². The minimum absolute atomic E-state index is 0.0252. The normalized spacial score (nSPS) is 14.2. The molecule has 0 saturated heterocycles. The molecule has 0 bridgehead atoms. The maximum atomic E-state index is 10.1. The van der Waals surface area contributed by atoms with Crippen LogP contribution in [0.15, 0.2) is 0 Å². The average Bonchev–Trinajstić information content (AvgIpc) is 1.82. The summed E-state index contributed by atoms with van der Waals surface area (Å²) in [5.41, 5.74) is 0.